The van der Waals surface area contributed by atoms with Crippen molar-refractivity contribution in [1.29, 1.82) is 0 Å². The van der Waals surface area contributed by atoms with E-state index in [4.69, 9.17) is 4.42 Å². The molecule has 0 fully saturated rings. The fourth-order valence-electron chi connectivity index (χ4n) is 7.52. The molecule has 0 aliphatic rings. The van der Waals surface area contributed by atoms with Crippen molar-refractivity contribution in [2.45, 2.75) is 0 Å². The number of rotatable bonds is 4. The molecule has 0 spiro atoms. The van der Waals surface area contributed by atoms with Crippen LogP contribution in [0, 0.1) is 0 Å². The van der Waals surface area contributed by atoms with Crippen LogP contribution >= 0.6 is 0 Å². The van der Waals surface area contributed by atoms with E-state index in [0.29, 0.717) is 0 Å². The number of anilines is 3. The molecule has 2 heteroatoms. The molecule has 0 atom stereocenters. The van der Waals surface area contributed by atoms with Crippen molar-refractivity contribution in [3.63, 3.8) is 0 Å². The normalized spacial score (nSPS) is 11.8. The van der Waals surface area contributed by atoms with E-state index >= 15 is 0 Å². The quantitative estimate of drug-likeness (QED) is 0.184. The summed E-state index contributed by atoms with van der Waals surface area (Å²) in [5.41, 5.74) is 7.52. The Morgan fingerprint density at radius 3 is 1.75 bits per heavy atom. The van der Waals surface area contributed by atoms with Gasteiger partial charge in [-0.15, -0.1) is 0 Å². The van der Waals surface area contributed by atoms with Crippen LogP contribution in [0.5, 0.6) is 0 Å². The molecule has 224 valence electrons. The topological polar surface area (TPSA) is 16.4 Å². The Balaban J connectivity index is 1.13. The molecule has 0 amide bonds. The molecule has 48 heavy (non-hydrogen) atoms. The van der Waals surface area contributed by atoms with Crippen molar-refractivity contribution in [2.24, 2.45) is 0 Å². The third-order valence-electron chi connectivity index (χ3n) is 9.78. The Labute approximate surface area is 277 Å². The summed E-state index contributed by atoms with van der Waals surface area (Å²) in [4.78, 5) is 2.33. The lowest BCUT2D eigenvalue weighted by molar-refractivity contribution is 0.669. The molecule has 10 aromatic rings. The van der Waals surface area contributed by atoms with Gasteiger partial charge in [-0.05, 0) is 109 Å². The monoisotopic (exact) mass is 611 g/mol. The van der Waals surface area contributed by atoms with Crippen molar-refractivity contribution in [2.75, 3.05) is 4.90 Å². The van der Waals surface area contributed by atoms with Gasteiger partial charge in [-0.2, -0.15) is 0 Å². The van der Waals surface area contributed by atoms with E-state index in [9.17, 15) is 0 Å². The second-order valence-electron chi connectivity index (χ2n) is 12.5. The Kier molecular flexibility index (Phi) is 5.91. The number of furan rings is 1. The first-order chi connectivity index (χ1) is 23.8. The van der Waals surface area contributed by atoms with Crippen LogP contribution in [-0.2, 0) is 0 Å². The molecule has 0 aliphatic carbocycles. The number of nitrogens with zero attached hydrogens (tertiary/aromatic N) is 1. The molecule has 9 aromatic carbocycles. The maximum absolute atomic E-state index is 6.35. The smallest absolute Gasteiger partial charge is 0.136 e. The second-order valence-corrected chi connectivity index (χ2v) is 12.5. The zero-order chi connectivity index (χ0) is 31.6. The molecular formula is C46H29NO. The molecule has 0 bridgehead atoms. The van der Waals surface area contributed by atoms with Gasteiger partial charge in [-0.3, -0.25) is 0 Å². The first-order valence-electron chi connectivity index (χ1n) is 16.4. The Morgan fingerprint density at radius 1 is 0.333 bits per heavy atom. The number of benzene rings is 9. The van der Waals surface area contributed by atoms with Gasteiger partial charge in [0.05, 0.1) is 0 Å². The van der Waals surface area contributed by atoms with Gasteiger partial charge in [-0.25, -0.2) is 0 Å². The summed E-state index contributed by atoms with van der Waals surface area (Å²) in [5, 5.41) is 12.3. The van der Waals surface area contributed by atoms with E-state index in [-0.39, 0.29) is 0 Å². The number of hydrogen-bond donors (Lipinski definition) is 0. The molecule has 0 aliphatic heterocycles. The van der Waals surface area contributed by atoms with Crippen molar-refractivity contribution in [3.05, 3.63) is 176 Å². The van der Waals surface area contributed by atoms with E-state index in [2.05, 4.69) is 181 Å². The first kappa shape index (κ1) is 26.8. The van der Waals surface area contributed by atoms with Crippen LogP contribution in [0.15, 0.2) is 180 Å². The Hall–Kier alpha value is -6.38. The van der Waals surface area contributed by atoms with Gasteiger partial charge < -0.3 is 9.32 Å². The fourth-order valence-corrected chi connectivity index (χ4v) is 7.52. The minimum atomic E-state index is 0.892. The summed E-state index contributed by atoms with van der Waals surface area (Å²) < 4.78 is 6.35. The van der Waals surface area contributed by atoms with E-state index in [1.807, 2.05) is 0 Å². The lowest BCUT2D eigenvalue weighted by Crippen LogP contribution is -2.09. The van der Waals surface area contributed by atoms with E-state index < -0.39 is 0 Å². The van der Waals surface area contributed by atoms with Crippen LogP contribution in [0.3, 0.4) is 0 Å². The summed E-state index contributed by atoms with van der Waals surface area (Å²) in [6.45, 7) is 0. The molecule has 0 N–H and O–H groups in total. The van der Waals surface area contributed by atoms with Gasteiger partial charge in [0.2, 0.25) is 0 Å². The molecule has 0 unspecified atom stereocenters. The first-order valence-corrected chi connectivity index (χ1v) is 16.4. The average Bonchev–Trinajstić information content (AvgIpc) is 3.51. The highest BCUT2D eigenvalue weighted by Gasteiger charge is 2.17. The Bertz CT molecular complexity index is 2820. The summed E-state index contributed by atoms with van der Waals surface area (Å²) in [7, 11) is 0. The van der Waals surface area contributed by atoms with Crippen LogP contribution in [0.1, 0.15) is 0 Å². The Morgan fingerprint density at radius 2 is 0.938 bits per heavy atom. The molecule has 1 aromatic heterocycles. The van der Waals surface area contributed by atoms with Crippen LogP contribution in [-0.4, -0.2) is 0 Å². The van der Waals surface area contributed by atoms with Gasteiger partial charge in [0.15, 0.2) is 0 Å². The van der Waals surface area contributed by atoms with Gasteiger partial charge in [0.1, 0.15) is 11.2 Å². The van der Waals surface area contributed by atoms with Crippen molar-refractivity contribution >= 4 is 82.1 Å². The third-order valence-corrected chi connectivity index (χ3v) is 9.78. The fraction of sp³-hybridized carbons (Fsp3) is 0. The maximum atomic E-state index is 6.35. The highest BCUT2D eigenvalue weighted by molar-refractivity contribution is 6.24. The van der Waals surface area contributed by atoms with Crippen molar-refractivity contribution in [1.82, 2.24) is 0 Å². The van der Waals surface area contributed by atoms with Crippen LogP contribution < -0.4 is 4.90 Å². The maximum Gasteiger partial charge on any atom is 0.136 e. The summed E-state index contributed by atoms with van der Waals surface area (Å²) in [6.07, 6.45) is 0. The summed E-state index contributed by atoms with van der Waals surface area (Å²) in [6, 6.07) is 63.3. The number of fused-ring (bicyclic) bond motifs is 9. The van der Waals surface area contributed by atoms with Crippen molar-refractivity contribution < 1.29 is 4.42 Å². The summed E-state index contributed by atoms with van der Waals surface area (Å²) >= 11 is 0. The molecule has 0 saturated carbocycles. The van der Waals surface area contributed by atoms with E-state index in [0.717, 1.165) is 39.0 Å². The van der Waals surface area contributed by atoms with E-state index in [1.165, 1.54) is 54.2 Å². The van der Waals surface area contributed by atoms with Crippen molar-refractivity contribution in [3.8, 4) is 11.1 Å². The average molecular weight is 612 g/mol. The van der Waals surface area contributed by atoms with Gasteiger partial charge >= 0.3 is 0 Å². The van der Waals surface area contributed by atoms with Crippen LogP contribution in [0.25, 0.3) is 76.2 Å². The van der Waals surface area contributed by atoms with Crippen LogP contribution in [0.2, 0.25) is 0 Å². The molecule has 0 saturated heterocycles. The molecule has 0 radical (unpaired) electrons. The predicted octanol–water partition coefficient (Wildman–Crippen LogP) is 13.3. The molecule has 1 heterocycles. The zero-order valence-electron chi connectivity index (χ0n) is 26.1. The molecular weight excluding hydrogens is 583 g/mol. The molecule has 10 rings (SSSR count). The van der Waals surface area contributed by atoms with Gasteiger partial charge in [-0.1, -0.05) is 121 Å². The SMILES string of the molecule is c1ccc(N(c2ccc(-c3cccc4ccc5ccc6ccccc6c5c34)cc2)c2ccc3oc4cc5ccccc5cc4c3c2)cc1. The minimum Gasteiger partial charge on any atom is -0.456 e. The standard InChI is InChI=1S/C46H29NO/c1-2-13-36(14-3-1)47(38-25-26-43-42(29-38)41-27-34-10-4-5-11-35(34)28-44(41)48-43)37-23-21-31(22-24-37)40-16-8-12-32-19-20-33-18-17-30-9-6-7-15-39(30)46(33)45(32)40/h1-29H. The third kappa shape index (κ3) is 4.20. The van der Waals surface area contributed by atoms with Crippen LogP contribution in [0.4, 0.5) is 17.1 Å². The minimum absolute atomic E-state index is 0.892. The zero-order valence-corrected chi connectivity index (χ0v) is 26.1. The number of para-hydroxylation sites is 1. The lowest BCUT2D eigenvalue weighted by Gasteiger charge is -2.26. The summed E-state index contributed by atoms with van der Waals surface area (Å²) in [5.74, 6) is 0. The predicted molar refractivity (Wildman–Crippen MR) is 204 cm³/mol. The lowest BCUT2D eigenvalue weighted by atomic mass is 9.91. The number of hydrogen-bond acceptors (Lipinski definition) is 2. The second kappa shape index (κ2) is 10.6. The van der Waals surface area contributed by atoms with Gasteiger partial charge in [0.25, 0.3) is 0 Å². The largest absolute Gasteiger partial charge is 0.456 e. The highest BCUT2D eigenvalue weighted by atomic mass is 16.3. The highest BCUT2D eigenvalue weighted by Crippen LogP contribution is 2.42. The molecule has 2 nitrogen and oxygen atoms in total. The van der Waals surface area contributed by atoms with Gasteiger partial charge in [0, 0.05) is 27.8 Å². The van der Waals surface area contributed by atoms with E-state index in [1.54, 1.807) is 0 Å².